The van der Waals surface area contributed by atoms with E-state index in [9.17, 15) is 4.79 Å². The first-order valence-corrected chi connectivity index (χ1v) is 3.97. The van der Waals surface area contributed by atoms with Gasteiger partial charge in [-0.2, -0.15) is 0 Å². The van der Waals surface area contributed by atoms with Gasteiger partial charge in [0.2, 0.25) is 5.76 Å². The van der Waals surface area contributed by atoms with E-state index >= 15 is 0 Å². The molecule has 0 aliphatic carbocycles. The van der Waals surface area contributed by atoms with Gasteiger partial charge in [0.15, 0.2) is 0 Å². The highest BCUT2D eigenvalue weighted by Gasteiger charge is 2.11. The van der Waals surface area contributed by atoms with E-state index in [1.807, 2.05) is 0 Å². The number of aromatic carboxylic acids is 1. The minimum Gasteiger partial charge on any atom is -0.475 e. The molecule has 0 spiro atoms. The highest BCUT2D eigenvalue weighted by atomic mass is 35.5. The molecule has 0 bridgehead atoms. The van der Waals surface area contributed by atoms with E-state index in [1.54, 1.807) is 18.2 Å². The molecule has 2 aromatic rings. The van der Waals surface area contributed by atoms with Crippen LogP contribution in [0, 0.1) is 0 Å². The van der Waals surface area contributed by atoms with Gasteiger partial charge in [0, 0.05) is 11.5 Å². The molecule has 0 unspecified atom stereocenters. The minimum absolute atomic E-state index is 0.0944. The van der Waals surface area contributed by atoms with Gasteiger partial charge in [0.25, 0.3) is 0 Å². The molecule has 66 valence electrons. The number of carbonyl (C=O) groups is 1. The number of hydrogen-bond donors (Lipinski definition) is 1. The summed E-state index contributed by atoms with van der Waals surface area (Å²) in [7, 11) is 0. The molecule has 1 aromatic carbocycles. The van der Waals surface area contributed by atoms with Crippen LogP contribution in [0.2, 0.25) is 5.02 Å². The lowest BCUT2D eigenvalue weighted by Gasteiger charge is -1.88. The van der Waals surface area contributed by atoms with Crippen molar-refractivity contribution < 1.29 is 14.3 Å². The third-order valence-corrected chi connectivity index (χ3v) is 2.05. The zero-order valence-electron chi connectivity index (χ0n) is 6.45. The molecule has 1 heterocycles. The summed E-state index contributed by atoms with van der Waals surface area (Å²) in [6.45, 7) is 0. The molecule has 0 atom stereocenters. The van der Waals surface area contributed by atoms with Crippen LogP contribution in [0.1, 0.15) is 10.6 Å². The van der Waals surface area contributed by atoms with Crippen LogP contribution in [0.3, 0.4) is 0 Å². The minimum atomic E-state index is -1.09. The Balaban J connectivity index is 2.75. The van der Waals surface area contributed by atoms with Gasteiger partial charge in [0.1, 0.15) is 5.58 Å². The lowest BCUT2D eigenvalue weighted by molar-refractivity contribution is 0.0665. The maximum atomic E-state index is 10.5. The van der Waals surface area contributed by atoms with Crippen molar-refractivity contribution in [3.8, 4) is 0 Å². The third kappa shape index (κ3) is 1.27. The van der Waals surface area contributed by atoms with Crippen LogP contribution in [0.4, 0.5) is 0 Å². The summed E-state index contributed by atoms with van der Waals surface area (Å²) in [4.78, 5) is 10.5. The predicted octanol–water partition coefficient (Wildman–Crippen LogP) is 2.78. The first-order chi connectivity index (χ1) is 6.18. The number of carboxylic acids is 1. The van der Waals surface area contributed by atoms with Gasteiger partial charge in [-0.15, -0.1) is 0 Å². The predicted molar refractivity (Wildman–Crippen MR) is 48.2 cm³/mol. The molecular formula is C9H5ClO3. The van der Waals surface area contributed by atoms with Gasteiger partial charge in [-0.05, 0) is 12.1 Å². The second-order valence-electron chi connectivity index (χ2n) is 2.57. The van der Waals surface area contributed by atoms with Gasteiger partial charge in [0.05, 0.1) is 5.02 Å². The second-order valence-corrected chi connectivity index (χ2v) is 2.97. The van der Waals surface area contributed by atoms with Gasteiger partial charge in [-0.1, -0.05) is 17.7 Å². The Kier molecular flexibility index (Phi) is 1.74. The molecule has 0 fully saturated rings. The van der Waals surface area contributed by atoms with Gasteiger partial charge >= 0.3 is 5.97 Å². The number of carboxylic acid groups (broad SMARTS) is 1. The molecule has 13 heavy (non-hydrogen) atoms. The summed E-state index contributed by atoms with van der Waals surface area (Å²) in [6, 6.07) is 6.48. The molecule has 0 radical (unpaired) electrons. The van der Waals surface area contributed by atoms with E-state index in [0.717, 1.165) is 0 Å². The number of fused-ring (bicyclic) bond motifs is 1. The Labute approximate surface area is 78.5 Å². The fourth-order valence-electron chi connectivity index (χ4n) is 1.13. The zero-order valence-corrected chi connectivity index (χ0v) is 7.21. The van der Waals surface area contributed by atoms with Gasteiger partial charge < -0.3 is 9.52 Å². The van der Waals surface area contributed by atoms with E-state index in [2.05, 4.69) is 0 Å². The van der Waals surface area contributed by atoms with Crippen molar-refractivity contribution in [3.05, 3.63) is 35.0 Å². The number of rotatable bonds is 1. The maximum Gasteiger partial charge on any atom is 0.371 e. The van der Waals surface area contributed by atoms with E-state index in [0.29, 0.717) is 16.0 Å². The summed E-state index contributed by atoms with van der Waals surface area (Å²) < 4.78 is 5.03. The number of furan rings is 1. The highest BCUT2D eigenvalue weighted by Crippen LogP contribution is 2.26. The second kappa shape index (κ2) is 2.78. The van der Waals surface area contributed by atoms with Crippen molar-refractivity contribution >= 4 is 28.5 Å². The van der Waals surface area contributed by atoms with Crippen molar-refractivity contribution in [1.29, 1.82) is 0 Å². The van der Waals surface area contributed by atoms with Crippen LogP contribution in [-0.2, 0) is 0 Å². The molecule has 0 aliphatic heterocycles. The topological polar surface area (TPSA) is 50.4 Å². The van der Waals surface area contributed by atoms with Crippen LogP contribution < -0.4 is 0 Å². The summed E-state index contributed by atoms with van der Waals surface area (Å²) >= 11 is 5.82. The van der Waals surface area contributed by atoms with Crippen molar-refractivity contribution in [2.24, 2.45) is 0 Å². The van der Waals surface area contributed by atoms with Crippen LogP contribution in [0.5, 0.6) is 0 Å². The molecule has 2 rings (SSSR count). The third-order valence-electron chi connectivity index (χ3n) is 1.72. The fourth-order valence-corrected chi connectivity index (χ4v) is 1.35. The Morgan fingerprint density at radius 1 is 1.46 bits per heavy atom. The Morgan fingerprint density at radius 3 is 2.85 bits per heavy atom. The molecule has 0 aliphatic rings. The SMILES string of the molecule is O=C(O)c1cc2c(Cl)cccc2o1. The first-order valence-electron chi connectivity index (χ1n) is 3.60. The van der Waals surface area contributed by atoms with Crippen molar-refractivity contribution in [2.75, 3.05) is 0 Å². The maximum absolute atomic E-state index is 10.5. The molecule has 0 amide bonds. The molecular weight excluding hydrogens is 192 g/mol. The highest BCUT2D eigenvalue weighted by molar-refractivity contribution is 6.35. The smallest absolute Gasteiger partial charge is 0.371 e. The number of halogens is 1. The lowest BCUT2D eigenvalue weighted by atomic mass is 10.2. The average molecular weight is 197 g/mol. The summed E-state index contributed by atoms with van der Waals surface area (Å²) in [6.07, 6.45) is 0. The summed E-state index contributed by atoms with van der Waals surface area (Å²) in [5.74, 6) is -1.18. The normalized spacial score (nSPS) is 10.5. The van der Waals surface area contributed by atoms with Gasteiger partial charge in [-0.25, -0.2) is 4.79 Å². The lowest BCUT2D eigenvalue weighted by Crippen LogP contribution is -1.91. The van der Waals surface area contributed by atoms with E-state index in [1.165, 1.54) is 6.07 Å². The summed E-state index contributed by atoms with van der Waals surface area (Å²) in [5, 5.41) is 9.76. The number of hydrogen-bond acceptors (Lipinski definition) is 2. The van der Waals surface area contributed by atoms with Gasteiger partial charge in [-0.3, -0.25) is 0 Å². The van der Waals surface area contributed by atoms with Crippen molar-refractivity contribution in [2.45, 2.75) is 0 Å². The van der Waals surface area contributed by atoms with Crippen LogP contribution >= 0.6 is 11.6 Å². The molecule has 3 nitrogen and oxygen atoms in total. The Morgan fingerprint density at radius 2 is 2.23 bits per heavy atom. The first kappa shape index (κ1) is 8.13. The van der Waals surface area contributed by atoms with Crippen LogP contribution in [0.25, 0.3) is 11.0 Å². The molecule has 4 heteroatoms. The fraction of sp³-hybridized carbons (Fsp3) is 0. The molecule has 1 N–H and O–H groups in total. The Hall–Kier alpha value is -1.48. The van der Waals surface area contributed by atoms with E-state index in [4.69, 9.17) is 21.1 Å². The van der Waals surface area contributed by atoms with Crippen molar-refractivity contribution in [1.82, 2.24) is 0 Å². The zero-order chi connectivity index (χ0) is 9.42. The quantitative estimate of drug-likeness (QED) is 0.763. The average Bonchev–Trinajstić information content (AvgIpc) is 2.49. The van der Waals surface area contributed by atoms with Crippen molar-refractivity contribution in [3.63, 3.8) is 0 Å². The molecule has 0 saturated heterocycles. The molecule has 0 saturated carbocycles. The molecule has 1 aromatic heterocycles. The van der Waals surface area contributed by atoms with Crippen LogP contribution in [0.15, 0.2) is 28.7 Å². The van der Waals surface area contributed by atoms with E-state index in [-0.39, 0.29) is 5.76 Å². The monoisotopic (exact) mass is 196 g/mol. The standard InChI is InChI=1S/C9H5ClO3/c10-6-2-1-3-7-5(6)4-8(13-7)9(11)12/h1-4H,(H,11,12). The largest absolute Gasteiger partial charge is 0.475 e. The number of benzene rings is 1. The van der Waals surface area contributed by atoms with E-state index < -0.39 is 5.97 Å². The van der Waals surface area contributed by atoms with Crippen LogP contribution in [-0.4, -0.2) is 11.1 Å². The summed E-state index contributed by atoms with van der Waals surface area (Å²) in [5.41, 5.74) is 0.491. The Bertz CT molecular complexity index is 473.